The maximum absolute atomic E-state index is 12.6. The standard InChI is InChI=1S/C23H31NO2S/c1-16-7-10-19(11-8-16)27(25,26)24-15-21-20-12-9-18(22(2,3)4)13-17(20)14-23(21,5)6/h7-8,10-11,14-15,18H,9,12-13H2,1-6H3/b24-15+. The summed E-state index contributed by atoms with van der Waals surface area (Å²) in [6.07, 6.45) is 7.15. The van der Waals surface area contributed by atoms with E-state index in [1.165, 1.54) is 11.1 Å². The van der Waals surface area contributed by atoms with Crippen LogP contribution in [0, 0.1) is 23.7 Å². The van der Waals surface area contributed by atoms with E-state index in [4.69, 9.17) is 0 Å². The molecule has 4 heteroatoms. The molecule has 1 saturated carbocycles. The smallest absolute Gasteiger partial charge is 0.199 e. The summed E-state index contributed by atoms with van der Waals surface area (Å²) in [5.41, 5.74) is 4.90. The third-order valence-corrected chi connectivity index (χ3v) is 7.27. The van der Waals surface area contributed by atoms with Crippen LogP contribution in [0.2, 0.25) is 0 Å². The molecular weight excluding hydrogens is 354 g/mol. The summed E-state index contributed by atoms with van der Waals surface area (Å²) in [5.74, 6) is 0.663. The number of fused-ring (bicyclic) bond motifs is 1. The third-order valence-electron chi connectivity index (χ3n) is 6.02. The van der Waals surface area contributed by atoms with Crippen molar-refractivity contribution in [3.63, 3.8) is 0 Å². The van der Waals surface area contributed by atoms with Gasteiger partial charge in [0.15, 0.2) is 0 Å². The lowest BCUT2D eigenvalue weighted by Crippen LogP contribution is -2.24. The minimum atomic E-state index is -3.67. The van der Waals surface area contributed by atoms with Crippen LogP contribution < -0.4 is 0 Å². The van der Waals surface area contributed by atoms with Gasteiger partial charge in [-0.1, -0.05) is 58.4 Å². The van der Waals surface area contributed by atoms with Crippen LogP contribution in [-0.4, -0.2) is 14.6 Å². The van der Waals surface area contributed by atoms with Crippen molar-refractivity contribution >= 4 is 16.2 Å². The van der Waals surface area contributed by atoms with Crippen molar-refractivity contribution in [2.24, 2.45) is 21.1 Å². The molecule has 0 aliphatic heterocycles. The molecule has 0 saturated heterocycles. The van der Waals surface area contributed by atoms with Crippen molar-refractivity contribution in [2.45, 2.75) is 65.7 Å². The zero-order valence-electron chi connectivity index (χ0n) is 17.3. The average Bonchev–Trinajstić information content (AvgIpc) is 2.81. The molecule has 0 spiro atoms. The Labute approximate surface area is 164 Å². The summed E-state index contributed by atoms with van der Waals surface area (Å²) >= 11 is 0. The molecule has 0 heterocycles. The van der Waals surface area contributed by atoms with E-state index in [2.05, 4.69) is 45.1 Å². The fraction of sp³-hybridized carbons (Fsp3) is 0.522. The number of aryl methyl sites for hydroxylation is 1. The van der Waals surface area contributed by atoms with Crippen LogP contribution in [0.3, 0.4) is 0 Å². The van der Waals surface area contributed by atoms with Crippen molar-refractivity contribution in [1.82, 2.24) is 0 Å². The number of benzene rings is 1. The van der Waals surface area contributed by atoms with Crippen LogP contribution in [0.1, 0.15) is 59.4 Å². The molecule has 2 aliphatic carbocycles. The van der Waals surface area contributed by atoms with Crippen LogP contribution in [0.25, 0.3) is 0 Å². The Hall–Kier alpha value is -1.68. The van der Waals surface area contributed by atoms with Crippen LogP contribution in [0.4, 0.5) is 0 Å². The van der Waals surface area contributed by atoms with Gasteiger partial charge >= 0.3 is 0 Å². The second-order valence-corrected chi connectivity index (χ2v) is 11.2. The molecule has 3 rings (SSSR count). The molecule has 0 aromatic heterocycles. The topological polar surface area (TPSA) is 46.5 Å². The lowest BCUT2D eigenvalue weighted by molar-refractivity contribution is 0.215. The molecule has 27 heavy (non-hydrogen) atoms. The molecule has 146 valence electrons. The minimum absolute atomic E-state index is 0.177. The summed E-state index contributed by atoms with van der Waals surface area (Å²) in [6.45, 7) is 13.2. The maximum atomic E-state index is 12.6. The summed E-state index contributed by atoms with van der Waals surface area (Å²) < 4.78 is 29.3. The largest absolute Gasteiger partial charge is 0.282 e. The molecule has 1 aromatic rings. The molecule has 3 nitrogen and oxygen atoms in total. The van der Waals surface area contributed by atoms with E-state index < -0.39 is 10.0 Å². The molecule has 1 aromatic carbocycles. The summed E-state index contributed by atoms with van der Waals surface area (Å²) in [4.78, 5) is 0.246. The zero-order valence-corrected chi connectivity index (χ0v) is 18.2. The van der Waals surface area contributed by atoms with Crippen molar-refractivity contribution < 1.29 is 8.42 Å². The van der Waals surface area contributed by atoms with Crippen molar-refractivity contribution in [2.75, 3.05) is 0 Å². The van der Waals surface area contributed by atoms with Gasteiger partial charge in [0.1, 0.15) is 0 Å². The quantitative estimate of drug-likeness (QED) is 0.611. The van der Waals surface area contributed by atoms with E-state index >= 15 is 0 Å². The van der Waals surface area contributed by atoms with Crippen molar-refractivity contribution in [3.05, 3.63) is 52.6 Å². The number of allylic oxidation sites excluding steroid dienone is 4. The van der Waals surface area contributed by atoms with Crippen LogP contribution in [0.15, 0.2) is 56.4 Å². The second kappa shape index (κ2) is 6.73. The van der Waals surface area contributed by atoms with Crippen LogP contribution >= 0.6 is 0 Å². The molecule has 0 amide bonds. The summed E-state index contributed by atoms with van der Waals surface area (Å²) in [6, 6.07) is 6.85. The SMILES string of the molecule is Cc1ccc(S(=O)(=O)/N=C/C2=C3CCC(C(C)(C)C)CC3=CC2(C)C)cc1. The molecule has 1 atom stereocenters. The van der Waals surface area contributed by atoms with E-state index in [0.717, 1.165) is 30.4 Å². The van der Waals surface area contributed by atoms with Gasteiger partial charge in [0.05, 0.1) is 4.90 Å². The van der Waals surface area contributed by atoms with E-state index in [9.17, 15) is 8.42 Å². The number of rotatable bonds is 3. The Morgan fingerprint density at radius 2 is 1.78 bits per heavy atom. The Morgan fingerprint density at radius 3 is 2.37 bits per heavy atom. The van der Waals surface area contributed by atoms with Gasteiger partial charge in [0.25, 0.3) is 10.0 Å². The monoisotopic (exact) mass is 385 g/mol. The highest BCUT2D eigenvalue weighted by Crippen LogP contribution is 2.50. The lowest BCUT2D eigenvalue weighted by atomic mass is 9.70. The Kier molecular flexibility index (Phi) is 5.00. The molecular formula is C23H31NO2S. The normalized spacial score (nSPS) is 22.9. The van der Waals surface area contributed by atoms with Crippen molar-refractivity contribution in [1.29, 1.82) is 0 Å². The molecule has 2 aliphatic rings. The molecule has 0 bridgehead atoms. The highest BCUT2D eigenvalue weighted by molar-refractivity contribution is 7.90. The number of hydrogen-bond acceptors (Lipinski definition) is 2. The van der Waals surface area contributed by atoms with E-state index in [1.807, 2.05) is 6.92 Å². The minimum Gasteiger partial charge on any atom is -0.199 e. The first-order valence-electron chi connectivity index (χ1n) is 9.73. The van der Waals surface area contributed by atoms with Gasteiger partial charge in [0, 0.05) is 11.6 Å². The first-order valence-corrected chi connectivity index (χ1v) is 11.2. The molecule has 1 unspecified atom stereocenters. The number of hydrogen-bond donors (Lipinski definition) is 0. The molecule has 1 fully saturated rings. The van der Waals surface area contributed by atoms with Crippen molar-refractivity contribution in [3.8, 4) is 0 Å². The fourth-order valence-electron chi connectivity index (χ4n) is 4.20. The van der Waals surface area contributed by atoms with Crippen LogP contribution in [0.5, 0.6) is 0 Å². The number of sulfonamides is 1. The third kappa shape index (κ3) is 4.11. The summed E-state index contributed by atoms with van der Waals surface area (Å²) in [7, 11) is -3.67. The predicted molar refractivity (Wildman–Crippen MR) is 113 cm³/mol. The van der Waals surface area contributed by atoms with Gasteiger partial charge in [-0.2, -0.15) is 12.8 Å². The lowest BCUT2D eigenvalue weighted by Gasteiger charge is -2.35. The van der Waals surface area contributed by atoms with Gasteiger partial charge < -0.3 is 0 Å². The van der Waals surface area contributed by atoms with Gasteiger partial charge in [-0.25, -0.2) is 0 Å². The summed E-state index contributed by atoms with van der Waals surface area (Å²) in [5, 5.41) is 0. The zero-order chi connectivity index (χ0) is 20.0. The van der Waals surface area contributed by atoms with Gasteiger partial charge in [0.2, 0.25) is 0 Å². The Balaban J connectivity index is 1.90. The second-order valence-electron chi connectivity index (χ2n) is 9.61. The first kappa shape index (κ1) is 20.1. The first-order chi connectivity index (χ1) is 12.4. The highest BCUT2D eigenvalue weighted by Gasteiger charge is 2.38. The molecule has 0 N–H and O–H groups in total. The van der Waals surface area contributed by atoms with Crippen LogP contribution in [-0.2, 0) is 10.0 Å². The van der Waals surface area contributed by atoms with Gasteiger partial charge in [-0.15, -0.1) is 0 Å². The average molecular weight is 386 g/mol. The highest BCUT2D eigenvalue weighted by atomic mass is 32.2. The Bertz CT molecular complexity index is 924. The van der Waals surface area contributed by atoms with E-state index in [1.54, 1.807) is 30.5 Å². The van der Waals surface area contributed by atoms with Gasteiger partial charge in [-0.3, -0.25) is 0 Å². The number of nitrogens with zero attached hydrogens (tertiary/aromatic N) is 1. The van der Waals surface area contributed by atoms with Gasteiger partial charge in [-0.05, 0) is 66.4 Å². The predicted octanol–water partition coefficient (Wildman–Crippen LogP) is 5.86. The maximum Gasteiger partial charge on any atom is 0.282 e. The van der Waals surface area contributed by atoms with E-state index in [-0.39, 0.29) is 10.3 Å². The fourth-order valence-corrected chi connectivity index (χ4v) is 5.05. The Morgan fingerprint density at radius 1 is 1.15 bits per heavy atom. The van der Waals surface area contributed by atoms with E-state index in [0.29, 0.717) is 11.3 Å². The molecule has 0 radical (unpaired) electrons.